The van der Waals surface area contributed by atoms with Gasteiger partial charge >= 0.3 is 0 Å². The van der Waals surface area contributed by atoms with Gasteiger partial charge in [-0.05, 0) is 34.7 Å². The van der Waals surface area contributed by atoms with Crippen LogP contribution in [0.1, 0.15) is 69.6 Å². The summed E-state index contributed by atoms with van der Waals surface area (Å²) < 4.78 is 0. The molecule has 0 saturated carbocycles. The maximum Gasteiger partial charge on any atom is 0.0886 e. The molecule has 1 atom stereocenters. The number of aliphatic hydroxyl groups is 1. The van der Waals surface area contributed by atoms with Crippen molar-refractivity contribution in [1.29, 1.82) is 0 Å². The second-order valence-electron chi connectivity index (χ2n) is 7.70. The van der Waals surface area contributed by atoms with Gasteiger partial charge in [0.15, 0.2) is 0 Å². The molecule has 27 heavy (non-hydrogen) atoms. The summed E-state index contributed by atoms with van der Waals surface area (Å²) in [6, 6.07) is 25.4. The summed E-state index contributed by atoms with van der Waals surface area (Å²) in [5.41, 5.74) is 2.07. The highest BCUT2D eigenvalue weighted by molar-refractivity contribution is 5.86. The molecule has 0 radical (unpaired) electrons. The van der Waals surface area contributed by atoms with E-state index in [1.807, 2.05) is 18.2 Å². The average molecular weight is 361 g/mol. The molecular formula is C26H32O. The molecule has 0 aliphatic carbocycles. The third-order valence-corrected chi connectivity index (χ3v) is 5.92. The highest BCUT2D eigenvalue weighted by Crippen LogP contribution is 2.47. The quantitative estimate of drug-likeness (QED) is 0.428. The lowest BCUT2D eigenvalue weighted by atomic mass is 9.66. The Bertz CT molecular complexity index is 824. The van der Waals surface area contributed by atoms with Gasteiger partial charge in [-0.15, -0.1) is 0 Å². The molecule has 0 aromatic heterocycles. The van der Waals surface area contributed by atoms with Gasteiger partial charge in [0.1, 0.15) is 0 Å². The summed E-state index contributed by atoms with van der Waals surface area (Å²) in [4.78, 5) is 0. The van der Waals surface area contributed by atoms with Crippen molar-refractivity contribution in [2.24, 2.45) is 0 Å². The normalized spacial score (nSPS) is 13.0. The molecule has 3 aromatic rings. The van der Waals surface area contributed by atoms with Crippen molar-refractivity contribution in [3.05, 3.63) is 83.9 Å². The Morgan fingerprint density at radius 3 is 2.00 bits per heavy atom. The number of unbranched alkanes of at least 4 members (excludes halogenated alkanes) is 2. The zero-order valence-corrected chi connectivity index (χ0v) is 16.7. The molecule has 142 valence electrons. The summed E-state index contributed by atoms with van der Waals surface area (Å²) in [7, 11) is 0. The maximum atomic E-state index is 11.7. The summed E-state index contributed by atoms with van der Waals surface area (Å²) in [6.45, 7) is 4.48. The Hall–Kier alpha value is -2.12. The van der Waals surface area contributed by atoms with Gasteiger partial charge in [-0.2, -0.15) is 0 Å². The van der Waals surface area contributed by atoms with Gasteiger partial charge in [0.2, 0.25) is 0 Å². The highest BCUT2D eigenvalue weighted by Gasteiger charge is 2.40. The van der Waals surface area contributed by atoms with Gasteiger partial charge in [0, 0.05) is 5.41 Å². The van der Waals surface area contributed by atoms with Gasteiger partial charge in [-0.25, -0.2) is 0 Å². The van der Waals surface area contributed by atoms with E-state index >= 15 is 0 Å². The Labute approximate surface area is 164 Å². The average Bonchev–Trinajstić information content (AvgIpc) is 2.74. The third-order valence-electron chi connectivity index (χ3n) is 5.92. The van der Waals surface area contributed by atoms with Gasteiger partial charge in [-0.1, -0.05) is 112 Å². The molecule has 0 spiro atoms. The second kappa shape index (κ2) is 9.19. The van der Waals surface area contributed by atoms with Crippen LogP contribution in [0.15, 0.2) is 72.8 Å². The number of fused-ring (bicyclic) bond motifs is 1. The number of hydrogen-bond acceptors (Lipinski definition) is 1. The second-order valence-corrected chi connectivity index (χ2v) is 7.70. The molecule has 1 heteroatoms. The Balaban J connectivity index is 2.20. The van der Waals surface area contributed by atoms with E-state index in [9.17, 15) is 5.11 Å². The minimum absolute atomic E-state index is 0.256. The highest BCUT2D eigenvalue weighted by atomic mass is 16.3. The SMILES string of the molecule is CCCCC(CCCC)(c1cccc2ccccc12)C(O)c1ccccc1. The van der Waals surface area contributed by atoms with Crippen LogP contribution in [0.4, 0.5) is 0 Å². The van der Waals surface area contributed by atoms with Crippen molar-refractivity contribution in [2.75, 3.05) is 0 Å². The van der Waals surface area contributed by atoms with Crippen molar-refractivity contribution in [2.45, 2.75) is 63.9 Å². The summed E-state index contributed by atoms with van der Waals surface area (Å²) in [5.74, 6) is 0. The topological polar surface area (TPSA) is 20.2 Å². The first kappa shape index (κ1) is 19.6. The predicted molar refractivity (Wildman–Crippen MR) is 116 cm³/mol. The van der Waals surface area contributed by atoms with Gasteiger partial charge in [0.25, 0.3) is 0 Å². The number of rotatable bonds is 9. The van der Waals surface area contributed by atoms with Crippen LogP contribution in [-0.4, -0.2) is 5.11 Å². The van der Waals surface area contributed by atoms with E-state index < -0.39 is 6.10 Å². The molecular weight excluding hydrogens is 328 g/mol. The Morgan fingerprint density at radius 1 is 0.741 bits per heavy atom. The van der Waals surface area contributed by atoms with E-state index in [-0.39, 0.29) is 5.41 Å². The summed E-state index contributed by atoms with van der Waals surface area (Å²) >= 11 is 0. The fourth-order valence-electron chi connectivity index (χ4n) is 4.41. The van der Waals surface area contributed by atoms with Gasteiger partial charge in [0.05, 0.1) is 6.10 Å². The zero-order chi connectivity index (χ0) is 19.1. The van der Waals surface area contributed by atoms with Crippen molar-refractivity contribution in [3.63, 3.8) is 0 Å². The molecule has 0 bridgehead atoms. The number of hydrogen-bond donors (Lipinski definition) is 1. The van der Waals surface area contributed by atoms with E-state index in [2.05, 4.69) is 68.4 Å². The molecule has 0 aliphatic heterocycles. The fourth-order valence-corrected chi connectivity index (χ4v) is 4.41. The third kappa shape index (κ3) is 4.09. The summed E-state index contributed by atoms with van der Waals surface area (Å²) in [6.07, 6.45) is 6.04. The lowest BCUT2D eigenvalue weighted by Gasteiger charge is -2.40. The Kier molecular flexibility index (Phi) is 6.68. The largest absolute Gasteiger partial charge is 0.387 e. The van der Waals surface area contributed by atoms with E-state index in [0.717, 1.165) is 44.1 Å². The van der Waals surface area contributed by atoms with E-state index in [4.69, 9.17) is 0 Å². The molecule has 1 unspecified atom stereocenters. The fraction of sp³-hybridized carbons (Fsp3) is 0.385. The van der Waals surface area contributed by atoms with Crippen molar-refractivity contribution >= 4 is 10.8 Å². The maximum absolute atomic E-state index is 11.7. The zero-order valence-electron chi connectivity index (χ0n) is 16.7. The van der Waals surface area contributed by atoms with Crippen LogP contribution in [0.5, 0.6) is 0 Å². The van der Waals surface area contributed by atoms with Crippen LogP contribution in [0.25, 0.3) is 10.8 Å². The summed E-state index contributed by atoms with van der Waals surface area (Å²) in [5, 5.41) is 14.2. The van der Waals surface area contributed by atoms with Crippen molar-refractivity contribution in [1.82, 2.24) is 0 Å². The predicted octanol–water partition coefficient (Wildman–Crippen LogP) is 7.19. The van der Waals surface area contributed by atoms with Crippen molar-refractivity contribution < 1.29 is 5.11 Å². The van der Waals surface area contributed by atoms with Crippen LogP contribution in [-0.2, 0) is 5.41 Å². The lowest BCUT2D eigenvalue weighted by molar-refractivity contribution is 0.0642. The van der Waals surface area contributed by atoms with Crippen LogP contribution >= 0.6 is 0 Å². The smallest absolute Gasteiger partial charge is 0.0886 e. The lowest BCUT2D eigenvalue weighted by Crippen LogP contribution is -2.34. The first-order valence-electron chi connectivity index (χ1n) is 10.4. The molecule has 0 heterocycles. The van der Waals surface area contributed by atoms with Crippen molar-refractivity contribution in [3.8, 4) is 0 Å². The molecule has 0 fully saturated rings. The number of aliphatic hydroxyl groups excluding tert-OH is 1. The first-order valence-corrected chi connectivity index (χ1v) is 10.4. The molecule has 3 aromatic carbocycles. The minimum atomic E-state index is -0.498. The van der Waals surface area contributed by atoms with Crippen LogP contribution in [0.3, 0.4) is 0 Å². The van der Waals surface area contributed by atoms with Gasteiger partial charge in [-0.3, -0.25) is 0 Å². The molecule has 1 N–H and O–H groups in total. The Morgan fingerprint density at radius 2 is 1.33 bits per heavy atom. The van der Waals surface area contributed by atoms with E-state index in [1.54, 1.807) is 0 Å². The van der Waals surface area contributed by atoms with Crippen LogP contribution in [0.2, 0.25) is 0 Å². The molecule has 0 saturated heterocycles. The van der Waals surface area contributed by atoms with E-state index in [0.29, 0.717) is 0 Å². The molecule has 3 rings (SSSR count). The van der Waals surface area contributed by atoms with Crippen LogP contribution < -0.4 is 0 Å². The standard InChI is InChI=1S/C26H32O/c1-3-5-19-26(20-6-4-2,25(27)22-14-8-7-9-15-22)24-18-12-16-21-13-10-11-17-23(21)24/h7-18,25,27H,3-6,19-20H2,1-2H3. The molecule has 0 amide bonds. The van der Waals surface area contributed by atoms with E-state index in [1.165, 1.54) is 16.3 Å². The first-order chi connectivity index (χ1) is 13.2. The van der Waals surface area contributed by atoms with Crippen LogP contribution in [0, 0.1) is 0 Å². The number of benzene rings is 3. The minimum Gasteiger partial charge on any atom is -0.387 e. The monoisotopic (exact) mass is 360 g/mol. The molecule has 1 nitrogen and oxygen atoms in total. The van der Waals surface area contributed by atoms with Gasteiger partial charge < -0.3 is 5.11 Å². The molecule has 0 aliphatic rings.